The van der Waals surface area contributed by atoms with E-state index in [4.69, 9.17) is 4.74 Å². The van der Waals surface area contributed by atoms with Gasteiger partial charge in [-0.1, -0.05) is 36.0 Å². The maximum Gasteiger partial charge on any atom is 0.414 e. The summed E-state index contributed by atoms with van der Waals surface area (Å²) in [5.74, 6) is 0.200. The third-order valence-electron chi connectivity index (χ3n) is 2.77. The van der Waals surface area contributed by atoms with Crippen molar-refractivity contribution in [3.63, 3.8) is 0 Å². The van der Waals surface area contributed by atoms with E-state index in [-0.39, 0.29) is 11.9 Å². The van der Waals surface area contributed by atoms with Gasteiger partial charge in [0.15, 0.2) is 0 Å². The zero-order valence-electron chi connectivity index (χ0n) is 9.11. The van der Waals surface area contributed by atoms with Gasteiger partial charge in [0.2, 0.25) is 0 Å². The number of carbonyl (C=O) groups is 1. The van der Waals surface area contributed by atoms with Gasteiger partial charge in [0.25, 0.3) is 5.88 Å². The molecule has 0 unspecified atom stereocenters. The maximum atomic E-state index is 11.5. The second-order valence-corrected chi connectivity index (χ2v) is 4.03. The second kappa shape index (κ2) is 5.48. The van der Waals surface area contributed by atoms with E-state index in [1.54, 1.807) is 0 Å². The van der Waals surface area contributed by atoms with Crippen LogP contribution in [0.1, 0.15) is 38.5 Å². The Morgan fingerprint density at radius 3 is 2.75 bits per heavy atom. The number of rotatable bonds is 2. The first kappa shape index (κ1) is 10.9. The molecule has 1 amide bonds. The molecule has 1 fully saturated rings. The van der Waals surface area contributed by atoms with Gasteiger partial charge in [0.1, 0.15) is 0 Å². The van der Waals surface area contributed by atoms with Gasteiger partial charge >= 0.3 is 6.09 Å². The number of nitrogens with zero attached hydrogens (tertiary/aromatic N) is 2. The molecule has 0 spiro atoms. The van der Waals surface area contributed by atoms with E-state index in [1.807, 2.05) is 0 Å². The van der Waals surface area contributed by atoms with Crippen LogP contribution in [0, 0.1) is 0 Å². The van der Waals surface area contributed by atoms with Gasteiger partial charge in [-0.25, -0.2) is 4.79 Å². The van der Waals surface area contributed by atoms with Crippen LogP contribution in [0.15, 0.2) is 6.20 Å². The Balaban J connectivity index is 1.77. The zero-order valence-corrected chi connectivity index (χ0v) is 9.11. The summed E-state index contributed by atoms with van der Waals surface area (Å²) < 4.78 is 4.94. The monoisotopic (exact) mass is 224 g/mol. The summed E-state index contributed by atoms with van der Waals surface area (Å²) in [5, 5.41) is 12.4. The minimum absolute atomic E-state index is 0.200. The number of carbonyl (C=O) groups excluding carboxylic acids is 1. The SMILES string of the molecule is O=C(NC1CCCCCC1)Oc1c[nH]nn1. The lowest BCUT2D eigenvalue weighted by atomic mass is 10.1. The molecule has 0 aliphatic heterocycles. The van der Waals surface area contributed by atoms with Crippen LogP contribution in [-0.2, 0) is 0 Å². The third-order valence-corrected chi connectivity index (χ3v) is 2.77. The van der Waals surface area contributed by atoms with Gasteiger partial charge < -0.3 is 10.1 Å². The van der Waals surface area contributed by atoms with Crippen molar-refractivity contribution < 1.29 is 9.53 Å². The summed E-state index contributed by atoms with van der Waals surface area (Å²) in [6.45, 7) is 0. The molecule has 1 heterocycles. The van der Waals surface area contributed by atoms with Crippen molar-refractivity contribution >= 4 is 6.09 Å². The normalized spacial score (nSPS) is 17.8. The van der Waals surface area contributed by atoms with Crippen LogP contribution in [0.2, 0.25) is 0 Å². The first-order chi connectivity index (χ1) is 7.84. The Bertz CT molecular complexity index is 318. The van der Waals surface area contributed by atoms with Crippen LogP contribution in [0.4, 0.5) is 4.79 Å². The molecular weight excluding hydrogens is 208 g/mol. The molecule has 88 valence electrons. The molecule has 6 heteroatoms. The van der Waals surface area contributed by atoms with Crippen molar-refractivity contribution in [2.24, 2.45) is 0 Å². The minimum atomic E-state index is -0.444. The van der Waals surface area contributed by atoms with Crippen LogP contribution in [0.5, 0.6) is 5.88 Å². The number of aromatic nitrogens is 3. The van der Waals surface area contributed by atoms with Gasteiger partial charge in [-0.3, -0.25) is 5.10 Å². The van der Waals surface area contributed by atoms with E-state index in [1.165, 1.54) is 31.9 Å². The van der Waals surface area contributed by atoms with Crippen molar-refractivity contribution in [3.8, 4) is 5.88 Å². The Kier molecular flexibility index (Phi) is 3.74. The molecule has 0 aromatic carbocycles. The fourth-order valence-electron chi connectivity index (χ4n) is 1.96. The Morgan fingerprint density at radius 1 is 1.38 bits per heavy atom. The van der Waals surface area contributed by atoms with Crippen molar-refractivity contribution in [2.45, 2.75) is 44.6 Å². The van der Waals surface area contributed by atoms with Crippen molar-refractivity contribution in [1.29, 1.82) is 0 Å². The Labute approximate surface area is 93.8 Å². The first-order valence-electron chi connectivity index (χ1n) is 5.69. The molecule has 2 rings (SSSR count). The topological polar surface area (TPSA) is 79.9 Å². The van der Waals surface area contributed by atoms with Crippen molar-refractivity contribution in [3.05, 3.63) is 6.20 Å². The third kappa shape index (κ3) is 3.22. The Morgan fingerprint density at radius 2 is 2.12 bits per heavy atom. The molecule has 6 nitrogen and oxygen atoms in total. The highest BCUT2D eigenvalue weighted by Crippen LogP contribution is 2.17. The number of hydrogen-bond acceptors (Lipinski definition) is 4. The highest BCUT2D eigenvalue weighted by Gasteiger charge is 2.16. The summed E-state index contributed by atoms with van der Waals surface area (Å²) >= 11 is 0. The van der Waals surface area contributed by atoms with Gasteiger partial charge in [-0.05, 0) is 12.8 Å². The van der Waals surface area contributed by atoms with Crippen molar-refractivity contribution in [1.82, 2.24) is 20.7 Å². The van der Waals surface area contributed by atoms with E-state index >= 15 is 0 Å². The summed E-state index contributed by atoms with van der Waals surface area (Å²) in [7, 11) is 0. The number of aromatic amines is 1. The van der Waals surface area contributed by atoms with Crippen LogP contribution in [0.3, 0.4) is 0 Å². The van der Waals surface area contributed by atoms with Gasteiger partial charge in [0, 0.05) is 6.04 Å². The van der Waals surface area contributed by atoms with Crippen LogP contribution in [0.25, 0.3) is 0 Å². The molecule has 1 aromatic rings. The quantitative estimate of drug-likeness (QED) is 0.748. The highest BCUT2D eigenvalue weighted by atomic mass is 16.6. The number of nitrogens with one attached hydrogen (secondary N) is 2. The molecule has 1 saturated carbocycles. The maximum absolute atomic E-state index is 11.5. The summed E-state index contributed by atoms with van der Waals surface area (Å²) in [6, 6.07) is 0.238. The molecule has 1 aliphatic rings. The zero-order chi connectivity index (χ0) is 11.2. The van der Waals surface area contributed by atoms with Crippen molar-refractivity contribution in [2.75, 3.05) is 0 Å². The number of amides is 1. The number of ether oxygens (including phenoxy) is 1. The average molecular weight is 224 g/mol. The molecule has 16 heavy (non-hydrogen) atoms. The lowest BCUT2D eigenvalue weighted by Crippen LogP contribution is -2.36. The number of H-pyrrole nitrogens is 1. The van der Waals surface area contributed by atoms with E-state index in [2.05, 4.69) is 20.7 Å². The summed E-state index contributed by atoms with van der Waals surface area (Å²) in [5.41, 5.74) is 0. The fourth-order valence-corrected chi connectivity index (χ4v) is 1.96. The van der Waals surface area contributed by atoms with E-state index in [0.29, 0.717) is 0 Å². The summed E-state index contributed by atoms with van der Waals surface area (Å²) in [4.78, 5) is 11.5. The first-order valence-corrected chi connectivity index (χ1v) is 5.69. The lowest BCUT2D eigenvalue weighted by molar-refractivity contribution is 0.192. The van der Waals surface area contributed by atoms with E-state index in [0.717, 1.165) is 12.8 Å². The smallest absolute Gasteiger partial charge is 0.388 e. The minimum Gasteiger partial charge on any atom is -0.388 e. The second-order valence-electron chi connectivity index (χ2n) is 4.03. The standard InChI is InChI=1S/C10H16N4O2/c15-10(16-9-7-11-14-13-9)12-8-5-3-1-2-4-6-8/h7-8H,1-6H2,(H,12,15)(H,11,13,14). The summed E-state index contributed by atoms with van der Waals surface area (Å²) in [6.07, 6.45) is 7.94. The van der Waals surface area contributed by atoms with Crippen LogP contribution >= 0.6 is 0 Å². The van der Waals surface area contributed by atoms with Gasteiger partial charge in [-0.2, -0.15) is 0 Å². The van der Waals surface area contributed by atoms with Gasteiger partial charge in [-0.15, -0.1) is 0 Å². The van der Waals surface area contributed by atoms with Crippen LogP contribution in [-0.4, -0.2) is 27.5 Å². The van der Waals surface area contributed by atoms with Crippen LogP contribution < -0.4 is 10.1 Å². The average Bonchev–Trinajstić information content (AvgIpc) is 2.62. The molecular formula is C10H16N4O2. The highest BCUT2D eigenvalue weighted by molar-refractivity contribution is 5.70. The molecule has 0 radical (unpaired) electrons. The molecule has 0 saturated heterocycles. The van der Waals surface area contributed by atoms with E-state index in [9.17, 15) is 4.79 Å². The fraction of sp³-hybridized carbons (Fsp3) is 0.700. The van der Waals surface area contributed by atoms with Gasteiger partial charge in [0.05, 0.1) is 6.20 Å². The van der Waals surface area contributed by atoms with E-state index < -0.39 is 6.09 Å². The lowest BCUT2D eigenvalue weighted by Gasteiger charge is -2.14. The predicted molar refractivity (Wildman–Crippen MR) is 57.0 cm³/mol. The molecule has 0 bridgehead atoms. The Hall–Kier alpha value is -1.59. The molecule has 2 N–H and O–H groups in total. The predicted octanol–water partition coefficient (Wildman–Crippen LogP) is 1.62. The molecule has 1 aliphatic carbocycles. The molecule has 1 aromatic heterocycles. The molecule has 0 atom stereocenters. The number of hydrogen-bond donors (Lipinski definition) is 2. The largest absolute Gasteiger partial charge is 0.414 e.